The molecular formula is C24H2F10N2O10S2. The first-order valence-electron chi connectivity index (χ1n) is 11.8. The third-order valence-corrected chi connectivity index (χ3v) is 9.18. The number of aromatic nitrogens is 2. The first kappa shape index (κ1) is 32.4. The van der Waals surface area contributed by atoms with Crippen LogP contribution in [0.15, 0.2) is 41.1 Å². The van der Waals surface area contributed by atoms with E-state index in [0.717, 1.165) is 12.1 Å². The predicted octanol–water partition coefficient (Wildman–Crippen LogP) is 1.53. The third-order valence-electron chi connectivity index (χ3n) is 6.77. The van der Waals surface area contributed by atoms with Crippen molar-refractivity contribution < 1.29 is 69.3 Å². The summed E-state index contributed by atoms with van der Waals surface area (Å²) in [7, 11) is -12.5. The van der Waals surface area contributed by atoms with Crippen LogP contribution >= 0.6 is 0 Å². The minimum Gasteiger partial charge on any atom is -0.277 e. The standard InChI is InChI=1S/C24H2F10N2O10S2/c25-9-11(27)15(31)19(16(32)12(9)28)47(41,42)45-35-21(37)5-3-1-2-4(7(5)23(35)39)8-6(3)22(38)36(24(8)40)46-48(43,44)20-17(33)13(29)10(26)14(30)18(20)34/h1-2H. The van der Waals surface area contributed by atoms with Crippen molar-refractivity contribution in [2.24, 2.45) is 0 Å². The van der Waals surface area contributed by atoms with Crippen LogP contribution in [0.3, 0.4) is 0 Å². The lowest BCUT2D eigenvalue weighted by Gasteiger charge is -2.09. The van der Waals surface area contributed by atoms with Gasteiger partial charge in [-0.3, -0.25) is 27.7 Å². The van der Waals surface area contributed by atoms with Crippen LogP contribution in [0.2, 0.25) is 0 Å². The van der Waals surface area contributed by atoms with Gasteiger partial charge in [-0.15, -0.1) is 0 Å². The van der Waals surface area contributed by atoms with Crippen LogP contribution in [0.5, 0.6) is 0 Å². The number of nitrogens with zero attached hydrogens (tertiary/aromatic N) is 2. The van der Waals surface area contributed by atoms with E-state index in [1.807, 2.05) is 0 Å². The molecule has 2 heterocycles. The molecule has 2 bridgehead atoms. The Morgan fingerprint density at radius 1 is 0.396 bits per heavy atom. The number of hydrogen-bond donors (Lipinski definition) is 0. The van der Waals surface area contributed by atoms with Crippen molar-refractivity contribution in [1.82, 2.24) is 9.46 Å². The second-order valence-electron chi connectivity index (χ2n) is 9.33. The van der Waals surface area contributed by atoms with Gasteiger partial charge in [0.2, 0.25) is 11.6 Å². The highest BCUT2D eigenvalue weighted by molar-refractivity contribution is 7.87. The molecule has 24 heteroatoms. The Labute approximate surface area is 253 Å². The molecule has 0 aliphatic heterocycles. The lowest BCUT2D eigenvalue weighted by molar-refractivity contribution is 0.257. The Kier molecular flexibility index (Phi) is 6.75. The van der Waals surface area contributed by atoms with E-state index >= 15 is 0 Å². The fourth-order valence-electron chi connectivity index (χ4n) is 4.78. The molecule has 0 saturated carbocycles. The fraction of sp³-hybridized carbons (Fsp3) is 0. The van der Waals surface area contributed by atoms with Gasteiger partial charge in [0, 0.05) is 10.8 Å². The van der Waals surface area contributed by atoms with Crippen LogP contribution in [0.25, 0.3) is 32.3 Å². The molecule has 0 amide bonds. The average Bonchev–Trinajstić information content (AvgIpc) is 3.43. The van der Waals surface area contributed by atoms with Crippen molar-refractivity contribution in [3.8, 4) is 0 Å². The molecule has 48 heavy (non-hydrogen) atoms. The fourth-order valence-corrected chi connectivity index (χ4v) is 6.83. The molecule has 0 saturated heterocycles. The maximum atomic E-state index is 14.2. The van der Waals surface area contributed by atoms with Crippen LogP contribution in [-0.4, -0.2) is 26.3 Å². The molecule has 0 aliphatic rings. The number of benzene rings is 5. The summed E-state index contributed by atoms with van der Waals surface area (Å²) in [6.07, 6.45) is 0. The molecule has 0 radical (unpaired) electrons. The van der Waals surface area contributed by atoms with Crippen molar-refractivity contribution in [3.05, 3.63) is 112 Å². The Morgan fingerprint density at radius 2 is 0.604 bits per heavy atom. The second kappa shape index (κ2) is 9.99. The average molecular weight is 732 g/mol. The molecule has 0 N–H and O–H groups in total. The zero-order valence-corrected chi connectivity index (χ0v) is 23.4. The largest absolute Gasteiger partial charge is 0.363 e. The van der Waals surface area contributed by atoms with Gasteiger partial charge in [0.15, 0.2) is 56.3 Å². The first-order chi connectivity index (χ1) is 22.2. The van der Waals surface area contributed by atoms with E-state index in [4.69, 9.17) is 0 Å². The lowest BCUT2D eigenvalue weighted by atomic mass is 9.97. The highest BCUT2D eigenvalue weighted by Crippen LogP contribution is 2.33. The summed E-state index contributed by atoms with van der Waals surface area (Å²) >= 11 is 0. The van der Waals surface area contributed by atoms with Gasteiger partial charge in [-0.05, 0) is 0 Å². The van der Waals surface area contributed by atoms with Crippen molar-refractivity contribution in [1.29, 1.82) is 0 Å². The Bertz CT molecular complexity index is 2580. The van der Waals surface area contributed by atoms with E-state index in [9.17, 15) is 79.9 Å². The van der Waals surface area contributed by atoms with Crippen LogP contribution in [-0.2, 0) is 20.2 Å². The lowest BCUT2D eigenvalue weighted by Crippen LogP contribution is -2.37. The summed E-state index contributed by atoms with van der Waals surface area (Å²) < 4.78 is 195. The molecule has 12 nitrogen and oxygen atoms in total. The number of rotatable bonds is 6. The molecule has 7 aromatic rings. The molecule has 0 fully saturated rings. The first-order valence-corrected chi connectivity index (χ1v) is 14.6. The van der Waals surface area contributed by atoms with Gasteiger partial charge in [0.05, 0.1) is 21.5 Å². The van der Waals surface area contributed by atoms with Crippen LogP contribution < -0.4 is 30.8 Å². The zero-order valence-electron chi connectivity index (χ0n) is 21.7. The predicted molar refractivity (Wildman–Crippen MR) is 134 cm³/mol. The van der Waals surface area contributed by atoms with Crippen molar-refractivity contribution in [2.75, 3.05) is 0 Å². The SMILES string of the molecule is O=c1c2c3ccc(c2c(=O)n1OS(=O)(=O)c1c(F)c(F)c(F)c(F)c1F)c1c(=O)n(OS(=O)(=O)c2c(F)c(F)c(F)c(F)c2F)c(=O)c31. The smallest absolute Gasteiger partial charge is 0.277 e. The minimum atomic E-state index is -6.26. The highest BCUT2D eigenvalue weighted by atomic mass is 32.2. The van der Waals surface area contributed by atoms with Crippen LogP contribution in [0, 0.1) is 58.2 Å². The van der Waals surface area contributed by atoms with Crippen molar-refractivity contribution in [3.63, 3.8) is 0 Å². The summed E-state index contributed by atoms with van der Waals surface area (Å²) in [4.78, 5) is 47.1. The van der Waals surface area contributed by atoms with Gasteiger partial charge >= 0.3 is 20.2 Å². The van der Waals surface area contributed by atoms with Gasteiger partial charge in [-0.25, -0.2) is 43.9 Å². The van der Waals surface area contributed by atoms with E-state index in [2.05, 4.69) is 8.57 Å². The van der Waals surface area contributed by atoms with E-state index in [-0.39, 0.29) is 0 Å². The van der Waals surface area contributed by atoms with E-state index in [1.54, 1.807) is 0 Å². The normalized spacial score (nSPS) is 12.6. The summed E-state index contributed by atoms with van der Waals surface area (Å²) in [5.41, 5.74) is -7.56. The number of halogens is 10. The Balaban J connectivity index is 1.56. The molecule has 0 aliphatic carbocycles. The van der Waals surface area contributed by atoms with Gasteiger partial charge < -0.3 is 0 Å². The number of fused-ring (bicyclic) bond motifs is 1. The van der Waals surface area contributed by atoms with E-state index in [1.165, 1.54) is 0 Å². The summed E-state index contributed by atoms with van der Waals surface area (Å²) in [6.45, 7) is 0. The molecule has 0 unspecified atom stereocenters. The summed E-state index contributed by atoms with van der Waals surface area (Å²) in [5.74, 6) is -28.4. The zero-order chi connectivity index (χ0) is 35.7. The molecule has 2 aromatic heterocycles. The van der Waals surface area contributed by atoms with Crippen molar-refractivity contribution >= 4 is 52.6 Å². The Morgan fingerprint density at radius 3 is 0.833 bits per heavy atom. The second-order valence-corrected chi connectivity index (χ2v) is 12.3. The van der Waals surface area contributed by atoms with Gasteiger partial charge in [-0.2, -0.15) is 16.8 Å². The molecule has 5 aromatic carbocycles. The number of hydrogen-bond acceptors (Lipinski definition) is 10. The molecular weight excluding hydrogens is 730 g/mol. The van der Waals surface area contributed by atoms with Crippen molar-refractivity contribution in [2.45, 2.75) is 9.79 Å². The molecule has 0 atom stereocenters. The van der Waals surface area contributed by atoms with Crippen LogP contribution in [0.4, 0.5) is 43.9 Å². The quantitative estimate of drug-likeness (QED) is 0.139. The topological polar surface area (TPSA) is 165 Å². The monoisotopic (exact) mass is 732 g/mol. The van der Waals surface area contributed by atoms with Gasteiger partial charge in [0.25, 0.3) is 22.2 Å². The Hall–Kier alpha value is -5.52. The molecule has 7 rings (SSSR count). The third kappa shape index (κ3) is 4.01. The maximum Gasteiger partial charge on any atom is 0.363 e. The summed E-state index contributed by atoms with van der Waals surface area (Å²) in [5, 5.41) is -5.62. The van der Waals surface area contributed by atoms with Gasteiger partial charge in [-0.1, -0.05) is 21.6 Å². The molecule has 0 spiro atoms. The van der Waals surface area contributed by atoms with E-state index < -0.39 is 152 Å². The van der Waals surface area contributed by atoms with E-state index in [0.29, 0.717) is 0 Å². The summed E-state index contributed by atoms with van der Waals surface area (Å²) in [6, 6.07) is 1.60. The van der Waals surface area contributed by atoms with Crippen LogP contribution in [0.1, 0.15) is 0 Å². The van der Waals surface area contributed by atoms with Gasteiger partial charge in [0.1, 0.15) is 0 Å². The highest BCUT2D eigenvalue weighted by Gasteiger charge is 2.39. The molecule has 250 valence electrons. The maximum absolute atomic E-state index is 14.2. The minimum absolute atomic E-state index is 0.746.